The van der Waals surface area contributed by atoms with E-state index in [2.05, 4.69) is 26.8 Å². The van der Waals surface area contributed by atoms with E-state index in [0.29, 0.717) is 67.9 Å². The highest BCUT2D eigenvalue weighted by molar-refractivity contribution is 6.01. The van der Waals surface area contributed by atoms with Gasteiger partial charge < -0.3 is 19.3 Å². The molecule has 4 rings (SSSR count). The van der Waals surface area contributed by atoms with Gasteiger partial charge >= 0.3 is 5.97 Å². The third kappa shape index (κ3) is 6.02. The first-order chi connectivity index (χ1) is 18.5. The summed E-state index contributed by atoms with van der Waals surface area (Å²) < 4.78 is 11.7. The van der Waals surface area contributed by atoms with Crippen molar-refractivity contribution >= 4 is 23.4 Å². The van der Waals surface area contributed by atoms with Crippen LogP contribution in [0.15, 0.2) is 48.5 Å². The number of esters is 1. The van der Waals surface area contributed by atoms with Crippen LogP contribution in [0.3, 0.4) is 0 Å². The van der Waals surface area contributed by atoms with Crippen molar-refractivity contribution in [3.8, 4) is 5.75 Å². The Kier molecular flexibility index (Phi) is 8.19. The summed E-state index contributed by atoms with van der Waals surface area (Å²) in [4.78, 5) is 42.2. The van der Waals surface area contributed by atoms with Gasteiger partial charge in [0.25, 0.3) is 5.91 Å². The minimum Gasteiger partial charge on any atom is -0.482 e. The highest BCUT2D eigenvalue weighted by Crippen LogP contribution is 2.45. The molecule has 2 aromatic carbocycles. The maximum absolute atomic E-state index is 12.9. The minimum atomic E-state index is -0.606. The van der Waals surface area contributed by atoms with Gasteiger partial charge in [-0.25, -0.2) is 4.79 Å². The molecule has 2 aliphatic rings. The molecule has 2 aliphatic heterocycles. The van der Waals surface area contributed by atoms with Crippen LogP contribution in [-0.4, -0.2) is 66.5 Å². The smallest absolute Gasteiger partial charge is 0.338 e. The van der Waals surface area contributed by atoms with E-state index in [9.17, 15) is 14.4 Å². The van der Waals surface area contributed by atoms with Gasteiger partial charge in [-0.05, 0) is 60.7 Å². The van der Waals surface area contributed by atoms with Crippen LogP contribution in [0, 0.1) is 5.41 Å². The lowest BCUT2D eigenvalue weighted by molar-refractivity contribution is -0.135. The maximum atomic E-state index is 12.9. The summed E-state index contributed by atoms with van der Waals surface area (Å²) in [6.07, 6.45) is 3.90. The lowest BCUT2D eigenvalue weighted by Crippen LogP contribution is -2.50. The number of carbonyl (C=O) groups excluding carboxylic acids is 3. The molecule has 1 spiro atoms. The normalized spacial score (nSPS) is 16.2. The molecular formula is C32H40N2O5. The van der Waals surface area contributed by atoms with E-state index in [1.807, 2.05) is 49.1 Å². The summed E-state index contributed by atoms with van der Waals surface area (Å²) in [6, 6.07) is 13.0. The van der Waals surface area contributed by atoms with Crippen molar-refractivity contribution in [1.29, 1.82) is 0 Å². The molecule has 0 N–H and O–H groups in total. The summed E-state index contributed by atoms with van der Waals surface area (Å²) >= 11 is 0. The van der Waals surface area contributed by atoms with Gasteiger partial charge in [0.2, 0.25) is 5.91 Å². The van der Waals surface area contributed by atoms with Crippen molar-refractivity contribution in [2.24, 2.45) is 5.41 Å². The van der Waals surface area contributed by atoms with Crippen molar-refractivity contribution in [1.82, 2.24) is 9.80 Å². The van der Waals surface area contributed by atoms with Crippen LogP contribution in [0.25, 0.3) is 5.57 Å². The van der Waals surface area contributed by atoms with E-state index in [1.54, 1.807) is 17.0 Å². The number of hydrogen-bond donors (Lipinski definition) is 0. The highest BCUT2D eigenvalue weighted by atomic mass is 16.5. The average Bonchev–Trinajstić information content (AvgIpc) is 2.92. The van der Waals surface area contributed by atoms with Crippen molar-refractivity contribution in [2.45, 2.75) is 59.5 Å². The molecule has 0 aromatic heterocycles. The zero-order valence-corrected chi connectivity index (χ0v) is 24.0. The van der Waals surface area contributed by atoms with Gasteiger partial charge in [-0.3, -0.25) is 9.59 Å². The molecule has 2 amide bonds. The Bertz CT molecular complexity index is 1260. The van der Waals surface area contributed by atoms with E-state index in [0.717, 1.165) is 11.1 Å². The van der Waals surface area contributed by atoms with Gasteiger partial charge in [-0.1, -0.05) is 39.0 Å². The minimum absolute atomic E-state index is 0.00748. The van der Waals surface area contributed by atoms with E-state index in [1.165, 1.54) is 7.11 Å². The number of hydrogen-bond acceptors (Lipinski definition) is 5. The third-order valence-corrected chi connectivity index (χ3v) is 7.56. The summed E-state index contributed by atoms with van der Waals surface area (Å²) in [5.74, 6) is 0.340. The molecule has 0 bridgehead atoms. The predicted molar refractivity (Wildman–Crippen MR) is 152 cm³/mol. The molecule has 7 nitrogen and oxygen atoms in total. The predicted octanol–water partition coefficient (Wildman–Crippen LogP) is 5.58. The van der Waals surface area contributed by atoms with E-state index >= 15 is 0 Å². The van der Waals surface area contributed by atoms with E-state index in [-0.39, 0.29) is 17.2 Å². The summed E-state index contributed by atoms with van der Waals surface area (Å²) in [5.41, 5.74) is 2.82. The molecule has 0 saturated carbocycles. The van der Waals surface area contributed by atoms with Crippen molar-refractivity contribution < 1.29 is 23.9 Å². The monoisotopic (exact) mass is 532 g/mol. The first-order valence-electron chi connectivity index (χ1n) is 13.8. The van der Waals surface area contributed by atoms with Gasteiger partial charge in [0.05, 0.1) is 12.7 Å². The number of amides is 2. The van der Waals surface area contributed by atoms with Crippen LogP contribution >= 0.6 is 0 Å². The lowest BCUT2D eigenvalue weighted by atomic mass is 9.81. The Labute approximate surface area is 231 Å². The first-order valence-corrected chi connectivity index (χ1v) is 13.8. The molecule has 39 heavy (non-hydrogen) atoms. The summed E-state index contributed by atoms with van der Waals surface area (Å²) in [7, 11) is 1.37. The zero-order chi connectivity index (χ0) is 28.4. The van der Waals surface area contributed by atoms with E-state index < -0.39 is 11.6 Å². The molecule has 0 atom stereocenters. The second-order valence-corrected chi connectivity index (χ2v) is 11.6. The molecule has 0 unspecified atom stereocenters. The molecule has 208 valence electrons. The largest absolute Gasteiger partial charge is 0.482 e. The second kappa shape index (κ2) is 11.2. The second-order valence-electron chi connectivity index (χ2n) is 11.6. The molecule has 0 aliphatic carbocycles. The van der Waals surface area contributed by atoms with Gasteiger partial charge in [0.1, 0.15) is 11.4 Å². The van der Waals surface area contributed by atoms with Crippen LogP contribution in [0.5, 0.6) is 5.75 Å². The fourth-order valence-electron chi connectivity index (χ4n) is 5.42. The Morgan fingerprint density at radius 3 is 2.21 bits per heavy atom. The topological polar surface area (TPSA) is 76.2 Å². The van der Waals surface area contributed by atoms with Gasteiger partial charge in [-0.15, -0.1) is 0 Å². The Balaban J connectivity index is 1.71. The summed E-state index contributed by atoms with van der Waals surface area (Å²) in [5, 5.41) is 0. The number of rotatable bonds is 6. The SMILES string of the molecule is CCN(CC)C(=O)c1ccc(C2=CC3(CCN(C(=O)CC(C)(C)C)CC3)Oc3cccc(C(=O)OC)c32)cc1. The number of likely N-dealkylation sites (tertiary alicyclic amines) is 1. The number of carbonyl (C=O) groups is 3. The van der Waals surface area contributed by atoms with Crippen LogP contribution in [0.4, 0.5) is 0 Å². The third-order valence-electron chi connectivity index (χ3n) is 7.56. The number of ether oxygens (including phenoxy) is 2. The van der Waals surface area contributed by atoms with Crippen LogP contribution in [-0.2, 0) is 9.53 Å². The quantitative estimate of drug-likeness (QED) is 0.454. The molecule has 1 saturated heterocycles. The fourth-order valence-corrected chi connectivity index (χ4v) is 5.42. The molecule has 7 heteroatoms. The zero-order valence-electron chi connectivity index (χ0n) is 24.0. The van der Waals surface area contributed by atoms with Crippen molar-refractivity contribution in [3.05, 3.63) is 70.8 Å². The fraction of sp³-hybridized carbons (Fsp3) is 0.469. The van der Waals surface area contributed by atoms with Crippen LogP contribution < -0.4 is 4.74 Å². The standard InChI is InChI=1S/C32H40N2O5/c1-7-33(8-2)29(36)23-14-12-22(13-15-23)25-20-32(16-18-34(19-17-32)27(35)21-31(3,4)5)39-26-11-9-10-24(28(25)26)30(37)38-6/h9-15,20H,7-8,16-19,21H2,1-6H3. The molecular weight excluding hydrogens is 492 g/mol. The highest BCUT2D eigenvalue weighted by Gasteiger charge is 2.41. The Hall–Kier alpha value is -3.61. The molecule has 2 heterocycles. The Morgan fingerprint density at radius 2 is 1.64 bits per heavy atom. The molecule has 0 radical (unpaired) electrons. The first kappa shape index (κ1) is 28.4. The van der Waals surface area contributed by atoms with Crippen LogP contribution in [0.2, 0.25) is 0 Å². The number of benzene rings is 2. The average molecular weight is 533 g/mol. The van der Waals surface area contributed by atoms with Crippen molar-refractivity contribution in [3.63, 3.8) is 0 Å². The number of fused-ring (bicyclic) bond motifs is 1. The Morgan fingerprint density at radius 1 is 1.00 bits per heavy atom. The van der Waals surface area contributed by atoms with Gasteiger partial charge in [0.15, 0.2) is 0 Å². The number of methoxy groups -OCH3 is 1. The molecule has 2 aromatic rings. The van der Waals surface area contributed by atoms with E-state index in [4.69, 9.17) is 9.47 Å². The lowest BCUT2D eigenvalue weighted by Gasteiger charge is -2.43. The van der Waals surface area contributed by atoms with Gasteiger partial charge in [-0.2, -0.15) is 0 Å². The molecule has 1 fully saturated rings. The van der Waals surface area contributed by atoms with Crippen LogP contribution in [0.1, 0.15) is 85.7 Å². The number of piperidine rings is 1. The maximum Gasteiger partial charge on any atom is 0.338 e. The summed E-state index contributed by atoms with van der Waals surface area (Å²) in [6.45, 7) is 12.7. The van der Waals surface area contributed by atoms with Gasteiger partial charge in [0, 0.05) is 56.6 Å². The number of nitrogens with zero attached hydrogens (tertiary/aromatic N) is 2. The van der Waals surface area contributed by atoms with Crippen molar-refractivity contribution in [2.75, 3.05) is 33.3 Å².